The summed E-state index contributed by atoms with van der Waals surface area (Å²) >= 11 is 0. The Bertz CT molecular complexity index is 2770. The molecule has 0 amide bonds. The van der Waals surface area contributed by atoms with Gasteiger partial charge in [0.05, 0.1) is 48.5 Å². The van der Waals surface area contributed by atoms with Crippen LogP contribution in [-0.2, 0) is 29.3 Å². The third-order valence-electron chi connectivity index (χ3n) is 13.3. The molecule has 72 heavy (non-hydrogen) atoms. The van der Waals surface area contributed by atoms with E-state index in [1.165, 1.54) is 0 Å². The van der Waals surface area contributed by atoms with Gasteiger partial charge in [-0.05, 0) is 87.5 Å². The Labute approximate surface area is 422 Å². The molecule has 0 unspecified atom stereocenters. The van der Waals surface area contributed by atoms with Crippen LogP contribution in [0.4, 0.5) is 17.5 Å². The predicted molar refractivity (Wildman–Crippen MR) is 280 cm³/mol. The number of hydrogen-bond donors (Lipinski definition) is 1. The molecular weight excluding hydrogens is 911 g/mol. The lowest BCUT2D eigenvalue weighted by Crippen LogP contribution is -2.66. The molecule has 10 rings (SSSR count). The first kappa shape index (κ1) is 51.0. The maximum Gasteiger partial charge on any atom is 0.154 e. The van der Waals surface area contributed by atoms with Gasteiger partial charge in [-0.1, -0.05) is 61.2 Å². The Morgan fingerprint density at radius 1 is 0.583 bits per heavy atom. The van der Waals surface area contributed by atoms with Crippen LogP contribution >= 0.6 is 0 Å². The number of phenolic OH excluding ortho intramolecular Hbond substituents is 1. The summed E-state index contributed by atoms with van der Waals surface area (Å²) in [7, 11) is 2.16. The van der Waals surface area contributed by atoms with Gasteiger partial charge in [0.15, 0.2) is 12.6 Å². The summed E-state index contributed by atoms with van der Waals surface area (Å²) in [4.78, 5) is 45.4. The smallest absolute Gasteiger partial charge is 0.154 e. The van der Waals surface area contributed by atoms with Crippen LogP contribution in [0.15, 0.2) is 116 Å². The molecule has 4 fully saturated rings. The average molecular weight is 976 g/mol. The van der Waals surface area contributed by atoms with Gasteiger partial charge in [0.2, 0.25) is 0 Å². The van der Waals surface area contributed by atoms with Crippen molar-refractivity contribution in [3.63, 3.8) is 0 Å². The van der Waals surface area contributed by atoms with Crippen LogP contribution in [0.5, 0.6) is 23.0 Å². The van der Waals surface area contributed by atoms with Gasteiger partial charge in [-0.25, -0.2) is 15.0 Å². The minimum atomic E-state index is 0.170. The molecule has 4 saturated heterocycles. The number of morpholine rings is 1. The first-order valence-electron chi connectivity index (χ1n) is 24.5. The number of carbonyl (C=O) groups excluding carboxylic acids is 2. The van der Waals surface area contributed by atoms with E-state index in [0.29, 0.717) is 72.4 Å². The number of aromatic hydroxyl groups is 1. The van der Waals surface area contributed by atoms with Crippen molar-refractivity contribution in [3.05, 3.63) is 161 Å². The maximum absolute atomic E-state index is 11.3. The quantitative estimate of drug-likeness (QED) is 0.0980. The third-order valence-corrected chi connectivity index (χ3v) is 13.3. The van der Waals surface area contributed by atoms with E-state index in [1.54, 1.807) is 24.4 Å². The summed E-state index contributed by atoms with van der Waals surface area (Å²) in [6, 6.07) is 28.3. The van der Waals surface area contributed by atoms with Crippen molar-refractivity contribution in [2.75, 3.05) is 101 Å². The fourth-order valence-corrected chi connectivity index (χ4v) is 9.19. The summed E-state index contributed by atoms with van der Waals surface area (Å²) in [5, 5.41) is 9.89. The molecule has 15 heteroatoms. The lowest BCUT2D eigenvalue weighted by atomic mass is 9.78. The second-order valence-electron chi connectivity index (χ2n) is 18.5. The molecule has 3 aromatic heterocycles. The van der Waals surface area contributed by atoms with E-state index in [0.717, 1.165) is 130 Å². The fraction of sp³-hybridized carbons (Fsp3) is 0.351. The van der Waals surface area contributed by atoms with Crippen molar-refractivity contribution in [1.82, 2.24) is 19.9 Å². The number of likely N-dealkylation sites (N-methyl/N-ethyl adjacent to an activating group) is 1. The lowest BCUT2D eigenvalue weighted by Gasteiger charge is -2.55. The molecule has 6 aromatic rings. The molecule has 0 saturated carbocycles. The second-order valence-corrected chi connectivity index (χ2v) is 18.5. The SMILES string of the molecule is C=Cc1c(O)cccc1OCc1cccnc1N1CC2(COC2)C1.Cc1cccc(OCc2cccnc2N2CCCN(C)CC2)c1C=O.Cc1cccc(OCc2cccnc2N2CCOCC2)c1C=O. The molecular formula is C57H65N7O8. The topological polar surface area (TPSA) is 152 Å². The summed E-state index contributed by atoms with van der Waals surface area (Å²) in [6.45, 7) is 19.6. The standard InChI is InChI=1S/C20H25N3O2.C19H20N2O3.C18H20N2O3/c1-16-6-3-8-19(18(16)14-24)25-15-17-7-4-9-21-20(17)23-11-5-10-22(2)12-13-23;1-2-15-16(22)6-3-7-17(15)24-9-14-5-4-8-20-18(14)21-10-19(11-21)12-23-13-19;1-14-4-2-6-17(16(14)12-21)23-13-15-5-3-7-19-18(15)20-8-10-22-11-9-20/h3-4,6-9,14H,5,10-13,15H2,1-2H3;2-8,22H,1,9-13H2;2-7,12H,8-11,13H2,1H3. The molecule has 1 spiro atoms. The van der Waals surface area contributed by atoms with Gasteiger partial charge < -0.3 is 48.4 Å². The van der Waals surface area contributed by atoms with E-state index in [-0.39, 0.29) is 5.75 Å². The number of phenols is 1. The number of carbonyl (C=O) groups is 2. The van der Waals surface area contributed by atoms with Gasteiger partial charge >= 0.3 is 0 Å². The number of aryl methyl sites for hydroxylation is 2. The number of hydrogen-bond acceptors (Lipinski definition) is 15. The molecule has 0 bridgehead atoms. The zero-order valence-corrected chi connectivity index (χ0v) is 41.6. The number of pyridine rings is 3. The molecule has 4 aliphatic rings. The Morgan fingerprint density at radius 2 is 1.06 bits per heavy atom. The van der Waals surface area contributed by atoms with Crippen LogP contribution in [0, 0.1) is 19.3 Å². The maximum atomic E-state index is 11.3. The monoisotopic (exact) mass is 975 g/mol. The molecule has 7 heterocycles. The first-order valence-corrected chi connectivity index (χ1v) is 24.5. The molecule has 376 valence electrons. The highest BCUT2D eigenvalue weighted by Gasteiger charge is 2.49. The van der Waals surface area contributed by atoms with Crippen molar-refractivity contribution in [3.8, 4) is 23.0 Å². The van der Waals surface area contributed by atoms with Gasteiger partial charge in [-0.2, -0.15) is 0 Å². The van der Waals surface area contributed by atoms with Crippen LogP contribution in [-0.4, -0.2) is 123 Å². The van der Waals surface area contributed by atoms with E-state index in [1.807, 2.05) is 105 Å². The van der Waals surface area contributed by atoms with Gasteiger partial charge in [-0.15, -0.1) is 0 Å². The number of anilines is 3. The number of aromatic nitrogens is 3. The van der Waals surface area contributed by atoms with E-state index in [4.69, 9.17) is 23.7 Å². The highest BCUT2D eigenvalue weighted by atomic mass is 16.5. The minimum Gasteiger partial charge on any atom is -0.507 e. The summed E-state index contributed by atoms with van der Waals surface area (Å²) in [5.74, 6) is 4.90. The fourth-order valence-electron chi connectivity index (χ4n) is 9.19. The molecule has 0 aliphatic carbocycles. The Hall–Kier alpha value is -7.33. The highest BCUT2D eigenvalue weighted by Crippen LogP contribution is 2.41. The van der Waals surface area contributed by atoms with Crippen molar-refractivity contribution >= 4 is 36.1 Å². The summed E-state index contributed by atoms with van der Waals surface area (Å²) in [5.41, 5.74) is 7.10. The van der Waals surface area contributed by atoms with Gasteiger partial charge in [0.25, 0.3) is 0 Å². The second kappa shape index (κ2) is 24.7. The average Bonchev–Trinajstić information content (AvgIpc) is 3.61. The first-order chi connectivity index (χ1) is 35.2. The zero-order chi connectivity index (χ0) is 50.3. The van der Waals surface area contributed by atoms with E-state index < -0.39 is 0 Å². The molecule has 4 aliphatic heterocycles. The van der Waals surface area contributed by atoms with Crippen molar-refractivity contribution in [2.24, 2.45) is 5.41 Å². The van der Waals surface area contributed by atoms with Crippen LogP contribution in [0.3, 0.4) is 0 Å². The summed E-state index contributed by atoms with van der Waals surface area (Å²) in [6.07, 6.45) is 9.86. The molecule has 1 N–H and O–H groups in total. The highest BCUT2D eigenvalue weighted by molar-refractivity contribution is 5.82. The molecule has 0 radical (unpaired) electrons. The predicted octanol–water partition coefficient (Wildman–Crippen LogP) is 8.39. The summed E-state index contributed by atoms with van der Waals surface area (Å²) < 4.78 is 28.5. The molecule has 0 atom stereocenters. The normalized spacial score (nSPS) is 16.1. The Morgan fingerprint density at radius 3 is 1.53 bits per heavy atom. The van der Waals surface area contributed by atoms with Crippen LogP contribution in [0.1, 0.15) is 60.5 Å². The van der Waals surface area contributed by atoms with Gasteiger partial charge in [0, 0.05) is 81.1 Å². The molecule has 3 aromatic carbocycles. The van der Waals surface area contributed by atoms with Crippen molar-refractivity contribution in [1.29, 1.82) is 0 Å². The van der Waals surface area contributed by atoms with E-state index in [9.17, 15) is 14.7 Å². The van der Waals surface area contributed by atoms with E-state index in [2.05, 4.69) is 48.2 Å². The number of rotatable bonds is 15. The number of ether oxygens (including phenoxy) is 5. The van der Waals surface area contributed by atoms with Crippen molar-refractivity contribution in [2.45, 2.75) is 40.1 Å². The van der Waals surface area contributed by atoms with Crippen LogP contribution in [0.2, 0.25) is 0 Å². The third kappa shape index (κ3) is 12.6. The lowest BCUT2D eigenvalue weighted by molar-refractivity contribution is -0.127. The number of benzene rings is 3. The largest absolute Gasteiger partial charge is 0.507 e. The Balaban J connectivity index is 0.000000145. The van der Waals surface area contributed by atoms with Crippen LogP contribution in [0.25, 0.3) is 6.08 Å². The number of nitrogens with zero attached hydrogens (tertiary/aromatic N) is 7. The Kier molecular flexibility index (Phi) is 17.5. The number of aldehydes is 2. The van der Waals surface area contributed by atoms with Crippen LogP contribution < -0.4 is 28.9 Å². The molecule has 15 nitrogen and oxygen atoms in total. The minimum absolute atomic E-state index is 0.170. The van der Waals surface area contributed by atoms with E-state index >= 15 is 0 Å². The van der Waals surface area contributed by atoms with Crippen molar-refractivity contribution < 1.29 is 38.4 Å². The van der Waals surface area contributed by atoms with Gasteiger partial charge in [-0.3, -0.25) is 9.59 Å². The van der Waals surface area contributed by atoms with Gasteiger partial charge in [0.1, 0.15) is 60.3 Å². The zero-order valence-electron chi connectivity index (χ0n) is 41.6.